The lowest BCUT2D eigenvalue weighted by atomic mass is 9.95. The van der Waals surface area contributed by atoms with Gasteiger partial charge in [0.1, 0.15) is 5.82 Å². The minimum absolute atomic E-state index is 0.130. The number of pyridine rings is 1. The number of ether oxygens (including phenoxy) is 2. The summed E-state index contributed by atoms with van der Waals surface area (Å²) in [7, 11) is 1.74. The zero-order valence-corrected chi connectivity index (χ0v) is 25.2. The molecule has 2 atom stereocenters. The van der Waals surface area contributed by atoms with Crippen molar-refractivity contribution in [3.63, 3.8) is 0 Å². The maximum Gasteiger partial charge on any atom is 0.224 e. The molecule has 0 radical (unpaired) electrons. The first kappa shape index (κ1) is 29.3. The van der Waals surface area contributed by atoms with Gasteiger partial charge < -0.3 is 24.7 Å². The number of aromatic nitrogens is 3. The summed E-state index contributed by atoms with van der Waals surface area (Å²) in [6.07, 6.45) is 8.31. The standard InChI is InChI=1S/C35H43N5O3/c1-42-19-5-18-40-32-8-3-2-7-31(32)38-35(40)29-6-4-17-39(23-29)34(41)21-30(36)20-25-11-13-27(14-12-25)28-15-16-33(37-22-28)43-24-26-9-10-26/h2-3,7-8,11-16,22,26,29-30H,4-6,9-10,17-21,23-24,36H2,1H3. The highest BCUT2D eigenvalue weighted by Gasteiger charge is 2.29. The van der Waals surface area contributed by atoms with Crippen molar-refractivity contribution in [2.75, 3.05) is 33.4 Å². The quantitative estimate of drug-likeness (QED) is 0.207. The molecule has 8 nitrogen and oxygen atoms in total. The second-order valence-corrected chi connectivity index (χ2v) is 12.1. The van der Waals surface area contributed by atoms with Gasteiger partial charge in [-0.25, -0.2) is 9.97 Å². The maximum absolute atomic E-state index is 13.4. The van der Waals surface area contributed by atoms with E-state index in [0.717, 1.165) is 72.5 Å². The highest BCUT2D eigenvalue weighted by atomic mass is 16.5. The van der Waals surface area contributed by atoms with Crippen LogP contribution in [-0.4, -0.2) is 64.8 Å². The molecule has 2 N–H and O–H groups in total. The average molecular weight is 582 g/mol. The number of hydrogen-bond donors (Lipinski definition) is 1. The van der Waals surface area contributed by atoms with Crippen molar-refractivity contribution in [2.45, 2.75) is 63.5 Å². The van der Waals surface area contributed by atoms with Crippen LogP contribution in [0.4, 0.5) is 0 Å². The number of piperidine rings is 1. The van der Waals surface area contributed by atoms with Gasteiger partial charge in [0.05, 0.1) is 17.6 Å². The van der Waals surface area contributed by atoms with Gasteiger partial charge in [0, 0.05) is 69.6 Å². The summed E-state index contributed by atoms with van der Waals surface area (Å²) >= 11 is 0. The van der Waals surface area contributed by atoms with Gasteiger partial charge in [0.25, 0.3) is 0 Å². The van der Waals surface area contributed by atoms with Crippen molar-refractivity contribution in [1.29, 1.82) is 0 Å². The van der Waals surface area contributed by atoms with Crippen molar-refractivity contribution in [2.24, 2.45) is 11.7 Å². The number of nitrogens with zero attached hydrogens (tertiary/aromatic N) is 4. The van der Waals surface area contributed by atoms with Crippen molar-refractivity contribution in [3.05, 3.63) is 78.2 Å². The molecular weight excluding hydrogens is 538 g/mol. The van der Waals surface area contributed by atoms with Crippen LogP contribution in [0.5, 0.6) is 5.88 Å². The predicted molar refractivity (Wildman–Crippen MR) is 169 cm³/mol. The average Bonchev–Trinajstić information content (AvgIpc) is 3.80. The van der Waals surface area contributed by atoms with E-state index in [2.05, 4.69) is 58.1 Å². The van der Waals surface area contributed by atoms with Crippen LogP contribution in [-0.2, 0) is 22.5 Å². The SMILES string of the molecule is COCCCn1c(C2CCCN(C(=O)CC(N)Cc3ccc(-c4ccc(OCC5CC5)nc4)cc3)C2)nc2ccccc21. The number of amides is 1. The normalized spacial score (nSPS) is 17.7. The minimum Gasteiger partial charge on any atom is -0.477 e. The Kier molecular flexibility index (Phi) is 9.34. The first-order valence-electron chi connectivity index (χ1n) is 15.7. The van der Waals surface area contributed by atoms with E-state index in [1.54, 1.807) is 7.11 Å². The number of likely N-dealkylation sites (tertiary alicyclic amines) is 1. The number of imidazole rings is 1. The molecule has 226 valence electrons. The lowest BCUT2D eigenvalue weighted by Crippen LogP contribution is -2.42. The molecule has 4 aromatic rings. The van der Waals surface area contributed by atoms with E-state index in [4.69, 9.17) is 20.2 Å². The Morgan fingerprint density at radius 3 is 2.63 bits per heavy atom. The number of fused-ring (bicyclic) bond motifs is 1. The van der Waals surface area contributed by atoms with Gasteiger partial charge in [-0.05, 0) is 73.8 Å². The highest BCUT2D eigenvalue weighted by Crippen LogP contribution is 2.31. The van der Waals surface area contributed by atoms with Crippen molar-refractivity contribution >= 4 is 16.9 Å². The second-order valence-electron chi connectivity index (χ2n) is 12.1. The third-order valence-corrected chi connectivity index (χ3v) is 8.68. The predicted octanol–water partition coefficient (Wildman–Crippen LogP) is 5.59. The fraction of sp³-hybridized carbons (Fsp3) is 0.457. The van der Waals surface area contributed by atoms with E-state index in [1.807, 2.05) is 23.2 Å². The molecular formula is C35H43N5O3. The first-order chi connectivity index (χ1) is 21.1. The Morgan fingerprint density at radius 2 is 1.86 bits per heavy atom. The summed E-state index contributed by atoms with van der Waals surface area (Å²) in [4.78, 5) is 24.9. The molecule has 1 amide bonds. The van der Waals surface area contributed by atoms with Gasteiger partial charge in [-0.2, -0.15) is 0 Å². The summed E-state index contributed by atoms with van der Waals surface area (Å²) in [6.45, 7) is 3.79. The minimum atomic E-state index is -0.234. The number of carbonyl (C=O) groups excluding carboxylic acids is 1. The summed E-state index contributed by atoms with van der Waals surface area (Å²) in [6, 6.07) is 20.4. The van der Waals surface area contributed by atoms with Gasteiger partial charge in [-0.1, -0.05) is 36.4 Å². The molecule has 2 fully saturated rings. The van der Waals surface area contributed by atoms with Gasteiger partial charge in [-0.15, -0.1) is 0 Å². The van der Waals surface area contributed by atoms with Crippen molar-refractivity contribution in [3.8, 4) is 17.0 Å². The van der Waals surface area contributed by atoms with Gasteiger partial charge in [0.2, 0.25) is 11.8 Å². The number of para-hydroxylation sites is 2. The van der Waals surface area contributed by atoms with Crippen LogP contribution in [0, 0.1) is 5.92 Å². The molecule has 6 rings (SSSR count). The lowest BCUT2D eigenvalue weighted by Gasteiger charge is -2.33. The number of benzene rings is 2. The Balaban J connectivity index is 1.03. The smallest absolute Gasteiger partial charge is 0.224 e. The number of nitrogens with two attached hydrogens (primary N) is 1. The zero-order chi connectivity index (χ0) is 29.6. The number of hydrogen-bond acceptors (Lipinski definition) is 6. The van der Waals surface area contributed by atoms with Crippen LogP contribution >= 0.6 is 0 Å². The van der Waals surface area contributed by atoms with Crippen LogP contribution in [0.3, 0.4) is 0 Å². The second kappa shape index (κ2) is 13.7. The van der Waals surface area contributed by atoms with Crippen LogP contribution in [0.15, 0.2) is 66.9 Å². The van der Waals surface area contributed by atoms with Crippen LogP contribution in [0.25, 0.3) is 22.2 Å². The molecule has 1 aliphatic carbocycles. The fourth-order valence-corrected chi connectivity index (χ4v) is 6.11. The van der Waals surface area contributed by atoms with E-state index >= 15 is 0 Å². The Bertz CT molecular complexity index is 1500. The summed E-state index contributed by atoms with van der Waals surface area (Å²) in [5, 5.41) is 0. The van der Waals surface area contributed by atoms with E-state index in [1.165, 1.54) is 12.8 Å². The number of aryl methyl sites for hydroxylation is 1. The van der Waals surface area contributed by atoms with Crippen LogP contribution < -0.4 is 10.5 Å². The largest absolute Gasteiger partial charge is 0.477 e. The molecule has 3 heterocycles. The maximum atomic E-state index is 13.4. The van der Waals surface area contributed by atoms with E-state index in [9.17, 15) is 4.79 Å². The number of methoxy groups -OCH3 is 1. The molecule has 0 bridgehead atoms. The van der Waals surface area contributed by atoms with Crippen LogP contribution in [0.1, 0.15) is 55.8 Å². The highest BCUT2D eigenvalue weighted by molar-refractivity contribution is 5.78. The molecule has 2 aromatic heterocycles. The van der Waals surface area contributed by atoms with E-state index in [-0.39, 0.29) is 17.9 Å². The number of carbonyl (C=O) groups is 1. The van der Waals surface area contributed by atoms with Gasteiger partial charge in [-0.3, -0.25) is 4.79 Å². The van der Waals surface area contributed by atoms with E-state index < -0.39 is 0 Å². The molecule has 2 aliphatic rings. The lowest BCUT2D eigenvalue weighted by molar-refractivity contribution is -0.132. The first-order valence-corrected chi connectivity index (χ1v) is 15.7. The molecule has 2 unspecified atom stereocenters. The Hall–Kier alpha value is -3.75. The molecule has 1 saturated heterocycles. The molecule has 2 aromatic carbocycles. The summed E-state index contributed by atoms with van der Waals surface area (Å²) in [5.41, 5.74) is 12.0. The van der Waals surface area contributed by atoms with E-state index in [0.29, 0.717) is 37.8 Å². The van der Waals surface area contributed by atoms with Gasteiger partial charge in [0.15, 0.2) is 0 Å². The molecule has 1 saturated carbocycles. The monoisotopic (exact) mass is 581 g/mol. The Morgan fingerprint density at radius 1 is 1.05 bits per heavy atom. The zero-order valence-electron chi connectivity index (χ0n) is 25.2. The third-order valence-electron chi connectivity index (χ3n) is 8.68. The Labute approximate surface area is 254 Å². The fourth-order valence-electron chi connectivity index (χ4n) is 6.11. The van der Waals surface area contributed by atoms with Gasteiger partial charge >= 0.3 is 0 Å². The molecule has 1 aliphatic heterocycles. The summed E-state index contributed by atoms with van der Waals surface area (Å²) in [5.74, 6) is 2.81. The van der Waals surface area contributed by atoms with Crippen LogP contribution in [0.2, 0.25) is 0 Å². The summed E-state index contributed by atoms with van der Waals surface area (Å²) < 4.78 is 13.4. The van der Waals surface area contributed by atoms with Crippen molar-refractivity contribution in [1.82, 2.24) is 19.4 Å². The molecule has 43 heavy (non-hydrogen) atoms. The number of rotatable bonds is 13. The third kappa shape index (κ3) is 7.43. The molecule has 8 heteroatoms. The topological polar surface area (TPSA) is 95.5 Å². The van der Waals surface area contributed by atoms with Crippen molar-refractivity contribution < 1.29 is 14.3 Å². The molecule has 0 spiro atoms.